The summed E-state index contributed by atoms with van der Waals surface area (Å²) in [4.78, 5) is 20.8. The Bertz CT molecular complexity index is 985. The number of rotatable bonds is 8. The third kappa shape index (κ3) is 5.47. The van der Waals surface area contributed by atoms with Crippen molar-refractivity contribution in [2.45, 2.75) is 41.2 Å². The molecule has 1 aromatic carbocycles. The van der Waals surface area contributed by atoms with Gasteiger partial charge in [0.2, 0.25) is 14.7 Å². The van der Waals surface area contributed by atoms with E-state index in [4.69, 9.17) is 9.84 Å². The van der Waals surface area contributed by atoms with Gasteiger partial charge in [-0.25, -0.2) is 18.7 Å². The Labute approximate surface area is 191 Å². The summed E-state index contributed by atoms with van der Waals surface area (Å²) in [5.74, 6) is 5.64. The summed E-state index contributed by atoms with van der Waals surface area (Å²) >= 11 is 1.33. The first-order valence-electron chi connectivity index (χ1n) is 9.82. The summed E-state index contributed by atoms with van der Waals surface area (Å²) < 4.78 is 31.5. The van der Waals surface area contributed by atoms with Crippen LogP contribution < -0.4 is 20.9 Å². The molecule has 0 aliphatic carbocycles. The zero-order chi connectivity index (χ0) is 23.8. The fourth-order valence-corrected chi connectivity index (χ4v) is 7.01. The molecule has 0 spiro atoms. The molecule has 1 heterocycles. The van der Waals surface area contributed by atoms with E-state index in [0.29, 0.717) is 30.9 Å². The number of carboxylic acid groups (broad SMARTS) is 1. The molecule has 5 N–H and O–H groups in total. The lowest BCUT2D eigenvalue weighted by atomic mass is 10.0. The average Bonchev–Trinajstić information content (AvgIpc) is 2.74. The molecule has 1 aliphatic rings. The van der Waals surface area contributed by atoms with Crippen LogP contribution in [0.4, 0.5) is 4.79 Å². The molecule has 1 saturated heterocycles. The maximum absolute atomic E-state index is 13.5. The van der Waals surface area contributed by atoms with Gasteiger partial charge in [-0.15, -0.1) is 0 Å². The molecule has 1 atom stereocenters. The van der Waals surface area contributed by atoms with E-state index in [9.17, 15) is 23.2 Å². The molecule has 1 aliphatic heterocycles. The number of hydrogen-bond donors (Lipinski definition) is 5. The molecule has 0 unspecified atom stereocenters. The number of ether oxygens (including phenoxy) is 1. The average molecular weight is 486 g/mol. The maximum atomic E-state index is 13.5. The predicted octanol–water partition coefficient (Wildman–Crippen LogP) is 1.21. The molecule has 0 bridgehead atoms. The van der Waals surface area contributed by atoms with Crippen LogP contribution in [0.3, 0.4) is 0 Å². The van der Waals surface area contributed by atoms with Gasteiger partial charge in [0.05, 0.1) is 9.64 Å². The minimum absolute atomic E-state index is 0.0839. The van der Waals surface area contributed by atoms with Gasteiger partial charge in [0, 0.05) is 25.3 Å². The lowest BCUT2D eigenvalue weighted by Crippen LogP contribution is -2.73. The normalized spacial score (nSPS) is 19.8. The van der Waals surface area contributed by atoms with Crippen LogP contribution in [-0.4, -0.2) is 65.8 Å². The predicted molar refractivity (Wildman–Crippen MR) is 119 cm³/mol. The van der Waals surface area contributed by atoms with Crippen molar-refractivity contribution in [1.29, 1.82) is 0 Å². The molecular formula is C20H27N3O7S2. The second-order valence-electron chi connectivity index (χ2n) is 7.36. The summed E-state index contributed by atoms with van der Waals surface area (Å²) in [5, 5.41) is 22.8. The van der Waals surface area contributed by atoms with Gasteiger partial charge in [-0.3, -0.25) is 15.3 Å². The minimum atomic E-state index is -4.24. The van der Waals surface area contributed by atoms with Gasteiger partial charge < -0.3 is 15.2 Å². The van der Waals surface area contributed by atoms with Gasteiger partial charge in [0.25, 0.3) is 5.91 Å². The topological polar surface area (TPSA) is 154 Å². The van der Waals surface area contributed by atoms with Crippen LogP contribution in [0.1, 0.15) is 26.7 Å². The Morgan fingerprint density at radius 2 is 1.94 bits per heavy atom. The van der Waals surface area contributed by atoms with Crippen molar-refractivity contribution < 1.29 is 33.1 Å². The molecule has 32 heavy (non-hydrogen) atoms. The van der Waals surface area contributed by atoms with Gasteiger partial charge in [0.15, 0.2) is 0 Å². The fraction of sp³-hybridized carbons (Fsp3) is 0.500. The summed E-state index contributed by atoms with van der Waals surface area (Å²) in [6.07, 6.45) is 0.0187. The minimum Gasteiger partial charge on any atom is -0.481 e. The molecule has 1 aromatic rings. The number of hydroxylamine groups is 1. The molecule has 10 nitrogen and oxygen atoms in total. The van der Waals surface area contributed by atoms with E-state index in [1.54, 1.807) is 13.8 Å². The van der Waals surface area contributed by atoms with E-state index in [2.05, 4.69) is 22.5 Å². The van der Waals surface area contributed by atoms with E-state index >= 15 is 0 Å². The van der Waals surface area contributed by atoms with Crippen molar-refractivity contribution in [3.8, 4) is 17.6 Å². The molecule has 2 rings (SSSR count). The smallest absolute Gasteiger partial charge is 0.404 e. The van der Waals surface area contributed by atoms with Crippen molar-refractivity contribution in [1.82, 2.24) is 16.1 Å². The van der Waals surface area contributed by atoms with Crippen LogP contribution in [-0.2, 0) is 14.6 Å². The number of sulfone groups is 1. The van der Waals surface area contributed by atoms with Gasteiger partial charge >= 0.3 is 6.09 Å². The van der Waals surface area contributed by atoms with Crippen LogP contribution >= 0.6 is 11.8 Å². The summed E-state index contributed by atoms with van der Waals surface area (Å²) in [6, 6.07) is 5.63. The van der Waals surface area contributed by atoms with Crippen molar-refractivity contribution in [2.75, 3.05) is 25.4 Å². The molecule has 0 aromatic heterocycles. The number of nitrogens with one attached hydrogen (secondary N) is 3. The highest BCUT2D eigenvalue weighted by atomic mass is 32.2. The fourth-order valence-electron chi connectivity index (χ4n) is 3.34. The first-order chi connectivity index (χ1) is 15.1. The lowest BCUT2D eigenvalue weighted by Gasteiger charge is -2.47. The van der Waals surface area contributed by atoms with E-state index in [0.717, 1.165) is 0 Å². The zero-order valence-electron chi connectivity index (χ0n) is 17.8. The Morgan fingerprint density at radius 3 is 2.53 bits per heavy atom. The standard InChI is InChI=1S/C20H27N3O7S2/c1-19(2)20(17(24)23-27,22-12-14-31-19)32(28,29)16-9-7-15(8-10-16)30-13-6-4-3-5-11-21-18(25)26/h7-10,21-22,27H,3,5,11-14H2,1-2H3,(H,23,24)(H,25,26)/t20-/m0/s1. The van der Waals surface area contributed by atoms with Crippen molar-refractivity contribution in [2.24, 2.45) is 0 Å². The molecule has 0 saturated carbocycles. The number of hydrogen-bond acceptors (Lipinski definition) is 8. The van der Waals surface area contributed by atoms with E-state index in [-0.39, 0.29) is 18.0 Å². The number of carbonyl (C=O) groups is 2. The van der Waals surface area contributed by atoms with Gasteiger partial charge in [-0.2, -0.15) is 11.8 Å². The molecule has 1 fully saturated rings. The lowest BCUT2D eigenvalue weighted by molar-refractivity contribution is -0.133. The van der Waals surface area contributed by atoms with E-state index < -0.39 is 31.5 Å². The van der Waals surface area contributed by atoms with Crippen LogP contribution in [0.15, 0.2) is 29.2 Å². The highest BCUT2D eigenvalue weighted by molar-refractivity contribution is 8.02. The van der Waals surface area contributed by atoms with Crippen LogP contribution in [0.2, 0.25) is 0 Å². The number of carbonyl (C=O) groups excluding carboxylic acids is 1. The Morgan fingerprint density at radius 1 is 1.25 bits per heavy atom. The van der Waals surface area contributed by atoms with E-state index in [1.807, 2.05) is 0 Å². The summed E-state index contributed by atoms with van der Waals surface area (Å²) in [6.45, 7) is 3.98. The van der Waals surface area contributed by atoms with Crippen molar-refractivity contribution >= 4 is 33.6 Å². The molecule has 176 valence electrons. The first kappa shape index (κ1) is 25.8. The molecule has 12 heteroatoms. The third-order valence-electron chi connectivity index (χ3n) is 4.94. The Kier molecular flexibility index (Phi) is 8.80. The second kappa shape index (κ2) is 10.9. The van der Waals surface area contributed by atoms with Crippen molar-refractivity contribution in [3.05, 3.63) is 24.3 Å². The van der Waals surface area contributed by atoms with Crippen LogP contribution in [0.25, 0.3) is 0 Å². The Balaban J connectivity index is 2.09. The van der Waals surface area contributed by atoms with Gasteiger partial charge in [0.1, 0.15) is 12.4 Å². The van der Waals surface area contributed by atoms with Gasteiger partial charge in [-0.1, -0.05) is 11.8 Å². The molecular weight excluding hydrogens is 458 g/mol. The van der Waals surface area contributed by atoms with Crippen LogP contribution in [0.5, 0.6) is 5.75 Å². The largest absolute Gasteiger partial charge is 0.481 e. The van der Waals surface area contributed by atoms with Crippen LogP contribution in [0, 0.1) is 11.8 Å². The highest BCUT2D eigenvalue weighted by Crippen LogP contribution is 2.44. The zero-order valence-corrected chi connectivity index (χ0v) is 19.4. The number of benzene rings is 1. The first-order valence-corrected chi connectivity index (χ1v) is 12.3. The SMILES string of the molecule is CC1(C)SCCN[C@@]1(C(=O)NO)S(=O)(=O)c1ccc(OCC#CCCCNC(=O)O)cc1. The second-order valence-corrected chi connectivity index (χ2v) is 11.2. The third-order valence-corrected chi connectivity index (χ3v) is 9.04. The number of thioether (sulfide) groups is 1. The quantitative estimate of drug-likeness (QED) is 0.158. The van der Waals surface area contributed by atoms with Gasteiger partial charge in [-0.05, 0) is 44.5 Å². The summed E-state index contributed by atoms with van der Waals surface area (Å²) in [5.41, 5.74) is 1.51. The Hall–Kier alpha value is -2.46. The number of amides is 2. The number of unbranched alkanes of at least 4 members (excludes halogenated alkanes) is 1. The maximum Gasteiger partial charge on any atom is 0.404 e. The monoisotopic (exact) mass is 485 g/mol. The van der Waals surface area contributed by atoms with E-state index in [1.165, 1.54) is 41.5 Å². The summed E-state index contributed by atoms with van der Waals surface area (Å²) in [7, 11) is -4.24. The molecule has 2 amide bonds. The van der Waals surface area contributed by atoms with Crippen molar-refractivity contribution in [3.63, 3.8) is 0 Å². The molecule has 0 radical (unpaired) electrons. The highest BCUT2D eigenvalue weighted by Gasteiger charge is 2.62.